The molecule has 1 aliphatic rings. The molecule has 1 aromatic heterocycles. The van der Waals surface area contributed by atoms with E-state index in [0.29, 0.717) is 12.4 Å². The minimum atomic E-state index is -2.17. The molecule has 1 aliphatic heterocycles. The molecule has 9 heteroatoms. The van der Waals surface area contributed by atoms with E-state index in [9.17, 15) is 22.0 Å². The highest BCUT2D eigenvalue weighted by Crippen LogP contribution is 2.50. The monoisotopic (exact) mass is 506 g/mol. The summed E-state index contributed by atoms with van der Waals surface area (Å²) in [5.41, 5.74) is -1.22. The van der Waals surface area contributed by atoms with Gasteiger partial charge in [0.05, 0.1) is 31.7 Å². The highest BCUT2D eigenvalue weighted by Gasteiger charge is 2.40. The van der Waals surface area contributed by atoms with E-state index in [1.54, 1.807) is 0 Å². The van der Waals surface area contributed by atoms with Gasteiger partial charge in [-0.25, -0.2) is 22.0 Å². The van der Waals surface area contributed by atoms with Crippen molar-refractivity contribution in [1.82, 2.24) is 0 Å². The number of hydrogen-bond donors (Lipinski definition) is 0. The summed E-state index contributed by atoms with van der Waals surface area (Å²) in [4.78, 5) is -0.1000. The number of benzene rings is 1. The van der Waals surface area contributed by atoms with Gasteiger partial charge in [0.15, 0.2) is 34.8 Å². The Kier molecular flexibility index (Phi) is 7.83. The number of ether oxygens (including phenoxy) is 2. The number of halogens is 5. The molecule has 0 amide bonds. The molecule has 2 heterocycles. The van der Waals surface area contributed by atoms with Crippen LogP contribution in [0.15, 0.2) is 0 Å². The highest BCUT2D eigenvalue weighted by molar-refractivity contribution is 7.29. The number of hydrogen-bond acceptors (Lipinski definition) is 3. The van der Waals surface area contributed by atoms with E-state index in [2.05, 4.69) is 13.8 Å². The number of thiophene rings is 1. The number of unbranched alkanes of at least 4 members (excludes halogenated alkanes) is 2. The van der Waals surface area contributed by atoms with E-state index in [4.69, 9.17) is 9.47 Å². The second kappa shape index (κ2) is 9.94. The van der Waals surface area contributed by atoms with Crippen molar-refractivity contribution in [1.29, 1.82) is 0 Å². The van der Waals surface area contributed by atoms with Gasteiger partial charge in [0.25, 0.3) is 0 Å². The number of rotatable bonds is 8. The van der Waals surface area contributed by atoms with Crippen molar-refractivity contribution < 1.29 is 31.4 Å². The zero-order chi connectivity index (χ0) is 24.6. The lowest BCUT2D eigenvalue weighted by atomic mass is 9.79. The van der Waals surface area contributed by atoms with Gasteiger partial charge in [-0.3, -0.25) is 0 Å². The molecule has 2 nitrogen and oxygen atoms in total. The quantitative estimate of drug-likeness (QED) is 0.157. The maximum absolute atomic E-state index is 14.8. The summed E-state index contributed by atoms with van der Waals surface area (Å²) in [6.45, 7) is 11.0. The molecular formula is C24H31F5O2SSi. The summed E-state index contributed by atoms with van der Waals surface area (Å²) in [6.07, 6.45) is 5.72. The molecule has 0 saturated carbocycles. The van der Waals surface area contributed by atoms with Gasteiger partial charge in [-0.15, -0.1) is 11.3 Å². The van der Waals surface area contributed by atoms with Crippen molar-refractivity contribution in [2.75, 3.05) is 13.2 Å². The van der Waals surface area contributed by atoms with Crippen molar-refractivity contribution in [2.24, 2.45) is 5.41 Å². The van der Waals surface area contributed by atoms with Crippen LogP contribution in [0, 0.1) is 34.5 Å². The van der Waals surface area contributed by atoms with Gasteiger partial charge in [-0.1, -0.05) is 59.2 Å². The molecule has 0 bridgehead atoms. The first-order chi connectivity index (χ1) is 15.5. The Morgan fingerprint density at radius 2 is 1.21 bits per heavy atom. The normalized spacial score (nSPS) is 15.6. The van der Waals surface area contributed by atoms with E-state index in [-0.39, 0.29) is 22.6 Å². The molecule has 3 rings (SSSR count). The molecule has 2 aromatic rings. The molecule has 0 aliphatic carbocycles. The SMILES string of the molecule is CCCCC1(CCCC)COc2c(-c3c(F)c(F)c(F)c(F)c3F)sc([Si](C)(C)C)c2OC1. The van der Waals surface area contributed by atoms with Crippen LogP contribution in [0.4, 0.5) is 22.0 Å². The van der Waals surface area contributed by atoms with E-state index in [1.165, 1.54) is 0 Å². The Labute approximate surface area is 197 Å². The molecule has 0 atom stereocenters. The van der Waals surface area contributed by atoms with Gasteiger partial charge >= 0.3 is 0 Å². The van der Waals surface area contributed by atoms with Gasteiger partial charge < -0.3 is 9.47 Å². The Balaban J connectivity index is 2.18. The average molecular weight is 507 g/mol. The summed E-state index contributed by atoms with van der Waals surface area (Å²) in [5, 5.41) is 0. The summed E-state index contributed by atoms with van der Waals surface area (Å²) in [5.74, 6) is -9.31. The van der Waals surface area contributed by atoms with E-state index >= 15 is 0 Å². The van der Waals surface area contributed by atoms with Crippen LogP contribution >= 0.6 is 11.3 Å². The van der Waals surface area contributed by atoms with Crippen molar-refractivity contribution in [3.8, 4) is 21.9 Å². The lowest BCUT2D eigenvalue weighted by Gasteiger charge is -2.31. The summed E-state index contributed by atoms with van der Waals surface area (Å²) < 4.78 is 84.5. The molecular weight excluding hydrogens is 475 g/mol. The minimum absolute atomic E-state index is 0.0931. The molecule has 0 unspecified atom stereocenters. The first-order valence-electron chi connectivity index (χ1n) is 11.4. The molecule has 0 N–H and O–H groups in total. The molecule has 0 spiro atoms. The Morgan fingerprint density at radius 1 is 0.758 bits per heavy atom. The number of fused-ring (bicyclic) bond motifs is 1. The van der Waals surface area contributed by atoms with Gasteiger partial charge in [0, 0.05) is 9.92 Å². The third-order valence-electron chi connectivity index (χ3n) is 6.11. The van der Waals surface area contributed by atoms with Crippen LogP contribution in [-0.4, -0.2) is 21.3 Å². The fraction of sp³-hybridized carbons (Fsp3) is 0.583. The molecule has 184 valence electrons. The van der Waals surface area contributed by atoms with E-state index < -0.39 is 42.7 Å². The van der Waals surface area contributed by atoms with Crippen LogP contribution < -0.4 is 14.0 Å². The minimum Gasteiger partial charge on any atom is -0.488 e. The third-order valence-corrected chi connectivity index (χ3v) is 10.8. The van der Waals surface area contributed by atoms with Gasteiger partial charge in [-0.2, -0.15) is 0 Å². The van der Waals surface area contributed by atoms with Crippen LogP contribution in [0.3, 0.4) is 0 Å². The van der Waals surface area contributed by atoms with Crippen LogP contribution in [0.1, 0.15) is 52.4 Å². The van der Waals surface area contributed by atoms with Crippen LogP contribution in [0.25, 0.3) is 10.4 Å². The molecule has 33 heavy (non-hydrogen) atoms. The topological polar surface area (TPSA) is 18.5 Å². The Morgan fingerprint density at radius 3 is 1.67 bits per heavy atom. The largest absolute Gasteiger partial charge is 0.488 e. The first kappa shape index (κ1) is 26.0. The van der Waals surface area contributed by atoms with Crippen molar-refractivity contribution in [3.05, 3.63) is 29.1 Å². The van der Waals surface area contributed by atoms with Crippen LogP contribution in [0.2, 0.25) is 19.6 Å². The lowest BCUT2D eigenvalue weighted by molar-refractivity contribution is 0.0797. The summed E-state index contributed by atoms with van der Waals surface area (Å²) in [7, 11) is -2.11. The molecule has 1 aromatic carbocycles. The van der Waals surface area contributed by atoms with Crippen molar-refractivity contribution in [2.45, 2.75) is 72.0 Å². The van der Waals surface area contributed by atoms with Gasteiger partial charge in [0.1, 0.15) is 0 Å². The van der Waals surface area contributed by atoms with Crippen LogP contribution in [0.5, 0.6) is 11.5 Å². The highest BCUT2D eigenvalue weighted by atomic mass is 32.1. The van der Waals surface area contributed by atoms with E-state index in [0.717, 1.165) is 54.4 Å². The molecule has 0 radical (unpaired) electrons. The second-order valence-corrected chi connectivity index (χ2v) is 16.3. The lowest BCUT2D eigenvalue weighted by Crippen LogP contribution is -2.37. The molecule has 0 fully saturated rings. The smallest absolute Gasteiger partial charge is 0.200 e. The maximum atomic E-state index is 14.8. The second-order valence-electron chi connectivity index (χ2n) is 9.90. The van der Waals surface area contributed by atoms with Gasteiger partial charge in [0.2, 0.25) is 5.82 Å². The van der Waals surface area contributed by atoms with Crippen molar-refractivity contribution >= 4 is 23.9 Å². The maximum Gasteiger partial charge on any atom is 0.200 e. The average Bonchev–Trinajstić information content (AvgIpc) is 3.04. The summed E-state index contributed by atoms with van der Waals surface area (Å²) in [6, 6.07) is 0. The predicted octanol–water partition coefficient (Wildman–Crippen LogP) is 7.79. The zero-order valence-electron chi connectivity index (χ0n) is 19.8. The zero-order valence-corrected chi connectivity index (χ0v) is 21.6. The fourth-order valence-electron chi connectivity index (χ4n) is 4.14. The predicted molar refractivity (Wildman–Crippen MR) is 125 cm³/mol. The Hall–Kier alpha value is -1.61. The third kappa shape index (κ3) is 4.94. The fourth-order valence-corrected chi connectivity index (χ4v) is 7.51. The standard InChI is InChI=1S/C24H31F5O2SSi/c1-6-8-10-24(11-9-7-2)12-30-20-21(31-13-24)23(33(3,4)5)32-22(20)14-15(25)17(27)19(29)18(28)16(14)26/h6-13H2,1-5H3. The Bertz CT molecular complexity index is 978. The van der Waals surface area contributed by atoms with Gasteiger partial charge in [-0.05, 0) is 12.8 Å². The van der Waals surface area contributed by atoms with E-state index in [1.807, 2.05) is 19.6 Å². The summed E-state index contributed by atoms with van der Waals surface area (Å²) >= 11 is 1.01. The van der Waals surface area contributed by atoms with Crippen LogP contribution in [-0.2, 0) is 0 Å². The molecule has 0 saturated heterocycles. The first-order valence-corrected chi connectivity index (χ1v) is 15.7. The van der Waals surface area contributed by atoms with Crippen molar-refractivity contribution in [3.63, 3.8) is 0 Å².